The molecule has 0 radical (unpaired) electrons. The van der Waals surface area contributed by atoms with Gasteiger partial charge in [0.05, 0.1) is 13.2 Å². The molecular formula is C13H17N3OS. The van der Waals surface area contributed by atoms with Gasteiger partial charge in [0.2, 0.25) is 5.88 Å². The molecule has 1 atom stereocenters. The molecule has 0 aliphatic rings. The number of anilines is 1. The molecule has 0 saturated heterocycles. The first-order valence-corrected chi connectivity index (χ1v) is 6.62. The van der Waals surface area contributed by atoms with Crippen molar-refractivity contribution in [2.75, 3.05) is 12.4 Å². The van der Waals surface area contributed by atoms with E-state index in [0.29, 0.717) is 11.7 Å². The highest BCUT2D eigenvalue weighted by molar-refractivity contribution is 7.12. The maximum atomic E-state index is 5.14. The molecular weight excluding hydrogens is 246 g/mol. The van der Waals surface area contributed by atoms with Crippen molar-refractivity contribution in [2.45, 2.75) is 26.8 Å². The fourth-order valence-corrected chi connectivity index (χ4v) is 2.58. The van der Waals surface area contributed by atoms with Crippen molar-refractivity contribution in [2.24, 2.45) is 0 Å². The van der Waals surface area contributed by atoms with Crippen molar-refractivity contribution in [1.29, 1.82) is 0 Å². The topological polar surface area (TPSA) is 47.0 Å². The molecule has 5 heteroatoms. The molecule has 4 nitrogen and oxygen atoms in total. The van der Waals surface area contributed by atoms with Crippen LogP contribution in [0.25, 0.3) is 0 Å². The Morgan fingerprint density at radius 1 is 1.28 bits per heavy atom. The van der Waals surface area contributed by atoms with Crippen LogP contribution in [0.3, 0.4) is 0 Å². The van der Waals surface area contributed by atoms with Gasteiger partial charge in [0.1, 0.15) is 11.6 Å². The number of hydrogen-bond donors (Lipinski definition) is 1. The first-order chi connectivity index (χ1) is 8.58. The molecule has 0 saturated carbocycles. The number of rotatable bonds is 4. The normalized spacial score (nSPS) is 12.2. The summed E-state index contributed by atoms with van der Waals surface area (Å²) in [6.45, 7) is 6.08. The van der Waals surface area contributed by atoms with Gasteiger partial charge < -0.3 is 10.1 Å². The first-order valence-electron chi connectivity index (χ1n) is 5.81. The first kappa shape index (κ1) is 12.8. The number of thiophene rings is 1. The third kappa shape index (κ3) is 2.98. The number of aromatic nitrogens is 2. The van der Waals surface area contributed by atoms with Crippen LogP contribution in [-0.4, -0.2) is 17.1 Å². The average Bonchev–Trinajstić information content (AvgIpc) is 2.75. The zero-order chi connectivity index (χ0) is 13.1. The lowest BCUT2D eigenvalue weighted by atomic mass is 10.2. The summed E-state index contributed by atoms with van der Waals surface area (Å²) in [5.41, 5.74) is 0. The summed E-state index contributed by atoms with van der Waals surface area (Å²) < 4.78 is 5.14. The van der Waals surface area contributed by atoms with Crippen LogP contribution in [0, 0.1) is 13.8 Å². The second-order valence-corrected chi connectivity index (χ2v) is 5.48. The molecule has 2 aromatic rings. The van der Waals surface area contributed by atoms with E-state index in [4.69, 9.17) is 4.74 Å². The maximum absolute atomic E-state index is 5.14. The molecule has 2 heterocycles. The van der Waals surface area contributed by atoms with Crippen LogP contribution in [0.1, 0.15) is 28.5 Å². The van der Waals surface area contributed by atoms with Gasteiger partial charge in [-0.1, -0.05) is 0 Å². The van der Waals surface area contributed by atoms with Crippen LogP contribution in [0.15, 0.2) is 18.2 Å². The number of hydrogen-bond acceptors (Lipinski definition) is 5. The Labute approximate surface area is 111 Å². The number of nitrogens with zero attached hydrogens (tertiary/aromatic N) is 2. The lowest BCUT2D eigenvalue weighted by molar-refractivity contribution is 0.396. The largest absolute Gasteiger partial charge is 0.481 e. The molecule has 2 aromatic heterocycles. The van der Waals surface area contributed by atoms with Crippen molar-refractivity contribution in [3.8, 4) is 5.88 Å². The number of aryl methyl sites for hydroxylation is 2. The van der Waals surface area contributed by atoms with E-state index in [1.807, 2.05) is 13.0 Å². The second kappa shape index (κ2) is 5.35. The minimum Gasteiger partial charge on any atom is -0.481 e. The maximum Gasteiger partial charge on any atom is 0.218 e. The zero-order valence-corrected chi connectivity index (χ0v) is 11.8. The SMILES string of the molecule is COc1cc(NC(C)c2ccc(C)s2)nc(C)n1. The van der Waals surface area contributed by atoms with E-state index in [2.05, 4.69) is 41.3 Å². The lowest BCUT2D eigenvalue weighted by Gasteiger charge is -2.13. The highest BCUT2D eigenvalue weighted by Crippen LogP contribution is 2.25. The van der Waals surface area contributed by atoms with E-state index >= 15 is 0 Å². The molecule has 1 N–H and O–H groups in total. The Balaban J connectivity index is 2.16. The van der Waals surface area contributed by atoms with Crippen molar-refractivity contribution in [3.63, 3.8) is 0 Å². The second-order valence-electron chi connectivity index (χ2n) is 4.16. The van der Waals surface area contributed by atoms with Crippen LogP contribution in [-0.2, 0) is 0 Å². The molecule has 0 fully saturated rings. The summed E-state index contributed by atoms with van der Waals surface area (Å²) in [5, 5.41) is 3.37. The van der Waals surface area contributed by atoms with E-state index < -0.39 is 0 Å². The quantitative estimate of drug-likeness (QED) is 0.919. The average molecular weight is 263 g/mol. The van der Waals surface area contributed by atoms with E-state index in [1.165, 1.54) is 9.75 Å². The van der Waals surface area contributed by atoms with Crippen LogP contribution in [0.2, 0.25) is 0 Å². The minimum absolute atomic E-state index is 0.225. The van der Waals surface area contributed by atoms with Crippen molar-refractivity contribution in [3.05, 3.63) is 33.8 Å². The molecule has 2 rings (SSSR count). The van der Waals surface area contributed by atoms with Gasteiger partial charge in [-0.25, -0.2) is 4.98 Å². The standard InChI is InChI=1S/C13H17N3OS/c1-8-5-6-11(18-8)9(2)14-12-7-13(17-4)16-10(3)15-12/h5-7,9H,1-4H3,(H,14,15,16). The van der Waals surface area contributed by atoms with Gasteiger partial charge in [0.15, 0.2) is 0 Å². The van der Waals surface area contributed by atoms with E-state index in [-0.39, 0.29) is 6.04 Å². The van der Waals surface area contributed by atoms with Crippen molar-refractivity contribution >= 4 is 17.2 Å². The number of nitrogens with one attached hydrogen (secondary N) is 1. The summed E-state index contributed by atoms with van der Waals surface area (Å²) in [6, 6.07) is 6.30. The summed E-state index contributed by atoms with van der Waals surface area (Å²) in [4.78, 5) is 11.1. The smallest absolute Gasteiger partial charge is 0.218 e. The van der Waals surface area contributed by atoms with Gasteiger partial charge in [0, 0.05) is 15.8 Å². The molecule has 96 valence electrons. The fourth-order valence-electron chi connectivity index (χ4n) is 1.70. The fraction of sp³-hybridized carbons (Fsp3) is 0.385. The highest BCUT2D eigenvalue weighted by atomic mass is 32.1. The Kier molecular flexibility index (Phi) is 3.81. The van der Waals surface area contributed by atoms with Crippen molar-refractivity contribution < 1.29 is 4.74 Å². The monoisotopic (exact) mass is 263 g/mol. The van der Waals surface area contributed by atoms with Gasteiger partial charge in [-0.3, -0.25) is 0 Å². The Morgan fingerprint density at radius 3 is 2.67 bits per heavy atom. The molecule has 0 bridgehead atoms. The molecule has 0 amide bonds. The lowest BCUT2D eigenvalue weighted by Crippen LogP contribution is -2.08. The third-order valence-electron chi connectivity index (χ3n) is 2.58. The highest BCUT2D eigenvalue weighted by Gasteiger charge is 2.09. The summed E-state index contributed by atoms with van der Waals surface area (Å²) >= 11 is 1.79. The van der Waals surface area contributed by atoms with E-state index in [1.54, 1.807) is 18.4 Å². The Morgan fingerprint density at radius 2 is 2.06 bits per heavy atom. The van der Waals surface area contributed by atoms with Gasteiger partial charge in [-0.15, -0.1) is 11.3 Å². The van der Waals surface area contributed by atoms with Crippen LogP contribution < -0.4 is 10.1 Å². The molecule has 0 aliphatic carbocycles. The third-order valence-corrected chi connectivity index (χ3v) is 3.76. The summed E-state index contributed by atoms with van der Waals surface area (Å²) in [5.74, 6) is 2.07. The van der Waals surface area contributed by atoms with Gasteiger partial charge in [-0.05, 0) is 32.9 Å². The molecule has 0 aromatic carbocycles. The van der Waals surface area contributed by atoms with Crippen LogP contribution in [0.5, 0.6) is 5.88 Å². The zero-order valence-electron chi connectivity index (χ0n) is 11.0. The van der Waals surface area contributed by atoms with E-state index in [0.717, 1.165) is 5.82 Å². The van der Waals surface area contributed by atoms with Crippen LogP contribution in [0.4, 0.5) is 5.82 Å². The predicted octanol–water partition coefficient (Wildman–Crippen LogP) is 3.34. The van der Waals surface area contributed by atoms with Gasteiger partial charge in [-0.2, -0.15) is 4.98 Å². The Hall–Kier alpha value is -1.62. The number of methoxy groups -OCH3 is 1. The molecule has 18 heavy (non-hydrogen) atoms. The minimum atomic E-state index is 0.225. The van der Waals surface area contributed by atoms with E-state index in [9.17, 15) is 0 Å². The van der Waals surface area contributed by atoms with Gasteiger partial charge >= 0.3 is 0 Å². The molecule has 0 spiro atoms. The summed E-state index contributed by atoms with van der Waals surface area (Å²) in [6.07, 6.45) is 0. The number of ether oxygens (including phenoxy) is 1. The molecule has 1 unspecified atom stereocenters. The summed E-state index contributed by atoms with van der Waals surface area (Å²) in [7, 11) is 1.61. The van der Waals surface area contributed by atoms with Gasteiger partial charge in [0.25, 0.3) is 0 Å². The Bertz CT molecular complexity index is 539. The van der Waals surface area contributed by atoms with Crippen molar-refractivity contribution in [1.82, 2.24) is 9.97 Å². The molecule has 0 aliphatic heterocycles. The van der Waals surface area contributed by atoms with Crippen LogP contribution >= 0.6 is 11.3 Å². The predicted molar refractivity (Wildman–Crippen MR) is 74.4 cm³/mol.